The topological polar surface area (TPSA) is 83.3 Å². The van der Waals surface area contributed by atoms with Crippen LogP contribution in [0.2, 0.25) is 0 Å². The molecule has 1 aromatic heterocycles. The van der Waals surface area contributed by atoms with Gasteiger partial charge in [0.1, 0.15) is 11.6 Å². The number of likely N-dealkylation sites (tertiary alicyclic amines) is 1. The van der Waals surface area contributed by atoms with E-state index in [1.54, 1.807) is 0 Å². The van der Waals surface area contributed by atoms with Crippen molar-refractivity contribution in [3.05, 3.63) is 22.2 Å². The van der Waals surface area contributed by atoms with Crippen molar-refractivity contribution in [1.82, 2.24) is 9.88 Å². The fourth-order valence-electron chi connectivity index (χ4n) is 2.33. The van der Waals surface area contributed by atoms with E-state index in [0.717, 1.165) is 25.9 Å². The van der Waals surface area contributed by atoms with E-state index < -0.39 is 0 Å². The number of aromatic nitrogens is 1. The molecule has 0 saturated carbocycles. The van der Waals surface area contributed by atoms with Crippen LogP contribution in [0, 0.1) is 10.1 Å². The average molecular weight is 279 g/mol. The van der Waals surface area contributed by atoms with Crippen molar-refractivity contribution < 1.29 is 4.92 Å². The van der Waals surface area contributed by atoms with Crippen LogP contribution in [-0.2, 0) is 0 Å². The molecule has 0 unspecified atom stereocenters. The van der Waals surface area contributed by atoms with E-state index in [4.69, 9.17) is 0 Å². The average Bonchev–Trinajstić information content (AvgIpc) is 2.41. The Labute approximate surface area is 118 Å². The number of pyridine rings is 1. The van der Waals surface area contributed by atoms with Gasteiger partial charge in [-0.3, -0.25) is 10.1 Å². The molecule has 1 aromatic rings. The summed E-state index contributed by atoms with van der Waals surface area (Å²) >= 11 is 0. The Kier molecular flexibility index (Phi) is 4.73. The maximum absolute atomic E-state index is 11.0. The summed E-state index contributed by atoms with van der Waals surface area (Å²) in [6.45, 7) is 4.69. The highest BCUT2D eigenvalue weighted by atomic mass is 16.6. The van der Waals surface area contributed by atoms with Crippen LogP contribution in [0.4, 0.5) is 17.3 Å². The SMILES string of the molecule is CCNc1cc([N+](=O)[O-])cc(NC2CCN(C)CC2)n1. The van der Waals surface area contributed by atoms with Crippen molar-refractivity contribution in [2.24, 2.45) is 0 Å². The highest BCUT2D eigenvalue weighted by Gasteiger charge is 2.18. The Morgan fingerprint density at radius 1 is 1.40 bits per heavy atom. The maximum Gasteiger partial charge on any atom is 0.276 e. The minimum absolute atomic E-state index is 0.0615. The first kappa shape index (κ1) is 14.5. The minimum Gasteiger partial charge on any atom is -0.370 e. The summed E-state index contributed by atoms with van der Waals surface area (Å²) in [6.07, 6.45) is 2.05. The zero-order chi connectivity index (χ0) is 14.5. The van der Waals surface area contributed by atoms with E-state index in [1.807, 2.05) is 6.92 Å². The fraction of sp³-hybridized carbons (Fsp3) is 0.615. The molecule has 0 amide bonds. The van der Waals surface area contributed by atoms with Gasteiger partial charge in [-0.2, -0.15) is 0 Å². The lowest BCUT2D eigenvalue weighted by Gasteiger charge is -2.29. The number of rotatable bonds is 5. The van der Waals surface area contributed by atoms with Crippen LogP contribution in [0.1, 0.15) is 19.8 Å². The molecule has 2 rings (SSSR count). The largest absolute Gasteiger partial charge is 0.370 e. The smallest absolute Gasteiger partial charge is 0.276 e. The Morgan fingerprint density at radius 3 is 2.65 bits per heavy atom. The minimum atomic E-state index is -0.387. The second kappa shape index (κ2) is 6.51. The van der Waals surface area contributed by atoms with E-state index in [1.165, 1.54) is 12.1 Å². The van der Waals surface area contributed by atoms with E-state index in [2.05, 4.69) is 27.6 Å². The lowest BCUT2D eigenvalue weighted by atomic mass is 10.1. The van der Waals surface area contributed by atoms with Crippen LogP contribution >= 0.6 is 0 Å². The molecular formula is C13H21N5O2. The third-order valence-electron chi connectivity index (χ3n) is 3.45. The summed E-state index contributed by atoms with van der Waals surface area (Å²) in [6, 6.07) is 3.29. The third-order valence-corrected chi connectivity index (χ3v) is 3.45. The summed E-state index contributed by atoms with van der Waals surface area (Å²) in [7, 11) is 2.10. The number of piperidine rings is 1. The second-order valence-electron chi connectivity index (χ2n) is 5.11. The molecule has 7 heteroatoms. The first-order valence-electron chi connectivity index (χ1n) is 6.94. The van der Waals surface area contributed by atoms with E-state index in [-0.39, 0.29) is 10.6 Å². The number of hydrogen-bond acceptors (Lipinski definition) is 6. The fourth-order valence-corrected chi connectivity index (χ4v) is 2.33. The van der Waals surface area contributed by atoms with Gasteiger partial charge in [-0.25, -0.2) is 4.98 Å². The molecule has 7 nitrogen and oxygen atoms in total. The third kappa shape index (κ3) is 3.80. The Bertz CT molecular complexity index is 472. The van der Waals surface area contributed by atoms with Gasteiger partial charge >= 0.3 is 0 Å². The summed E-state index contributed by atoms with van der Waals surface area (Å²) in [5.74, 6) is 1.11. The second-order valence-corrected chi connectivity index (χ2v) is 5.11. The molecule has 0 aliphatic carbocycles. The van der Waals surface area contributed by atoms with Crippen molar-refractivity contribution >= 4 is 17.3 Å². The number of hydrogen-bond donors (Lipinski definition) is 2. The van der Waals surface area contributed by atoms with E-state index >= 15 is 0 Å². The highest BCUT2D eigenvalue weighted by Crippen LogP contribution is 2.22. The first-order valence-corrected chi connectivity index (χ1v) is 6.94. The summed E-state index contributed by atoms with van der Waals surface area (Å²) in [5, 5.41) is 17.3. The Hall–Kier alpha value is -1.89. The van der Waals surface area contributed by atoms with Gasteiger partial charge in [0.25, 0.3) is 5.69 Å². The molecule has 0 aromatic carbocycles. The molecule has 1 aliphatic heterocycles. The molecule has 1 aliphatic rings. The van der Waals surface area contributed by atoms with Crippen LogP contribution in [0.5, 0.6) is 0 Å². The van der Waals surface area contributed by atoms with Crippen molar-refractivity contribution in [2.45, 2.75) is 25.8 Å². The molecular weight excluding hydrogens is 258 g/mol. The lowest BCUT2D eigenvalue weighted by molar-refractivity contribution is -0.384. The van der Waals surface area contributed by atoms with E-state index in [0.29, 0.717) is 24.2 Å². The van der Waals surface area contributed by atoms with Gasteiger partial charge in [-0.1, -0.05) is 0 Å². The number of nitrogens with one attached hydrogen (secondary N) is 2. The number of anilines is 2. The Balaban J connectivity index is 2.11. The zero-order valence-corrected chi connectivity index (χ0v) is 11.9. The predicted molar refractivity (Wildman–Crippen MR) is 79.2 cm³/mol. The lowest BCUT2D eigenvalue weighted by Crippen LogP contribution is -2.36. The van der Waals surface area contributed by atoms with Crippen molar-refractivity contribution in [1.29, 1.82) is 0 Å². The Morgan fingerprint density at radius 2 is 2.05 bits per heavy atom. The van der Waals surface area contributed by atoms with Gasteiger partial charge in [0.05, 0.1) is 17.1 Å². The molecule has 0 atom stereocenters. The molecule has 0 radical (unpaired) electrons. The molecule has 20 heavy (non-hydrogen) atoms. The summed E-state index contributed by atoms with van der Waals surface area (Å²) in [4.78, 5) is 17.2. The van der Waals surface area contributed by atoms with Crippen molar-refractivity contribution in [3.63, 3.8) is 0 Å². The van der Waals surface area contributed by atoms with Crippen LogP contribution < -0.4 is 10.6 Å². The van der Waals surface area contributed by atoms with Gasteiger partial charge in [-0.15, -0.1) is 0 Å². The number of nitro groups is 1. The van der Waals surface area contributed by atoms with Crippen LogP contribution in [0.25, 0.3) is 0 Å². The van der Waals surface area contributed by atoms with Crippen LogP contribution in [0.3, 0.4) is 0 Å². The summed E-state index contributed by atoms with van der Waals surface area (Å²) in [5.41, 5.74) is 0.0615. The van der Waals surface area contributed by atoms with E-state index in [9.17, 15) is 10.1 Å². The van der Waals surface area contributed by atoms with Crippen LogP contribution in [0.15, 0.2) is 12.1 Å². The quantitative estimate of drug-likeness (QED) is 0.633. The highest BCUT2D eigenvalue weighted by molar-refractivity contribution is 5.55. The molecule has 2 heterocycles. The van der Waals surface area contributed by atoms with Crippen LogP contribution in [-0.4, -0.2) is 47.5 Å². The number of nitrogens with zero attached hydrogens (tertiary/aromatic N) is 3. The van der Waals surface area contributed by atoms with Gasteiger partial charge in [-0.05, 0) is 39.9 Å². The van der Waals surface area contributed by atoms with Gasteiger partial charge in [0.15, 0.2) is 0 Å². The zero-order valence-electron chi connectivity index (χ0n) is 11.9. The summed E-state index contributed by atoms with van der Waals surface area (Å²) < 4.78 is 0. The van der Waals surface area contributed by atoms with Gasteiger partial charge in [0, 0.05) is 12.6 Å². The molecule has 0 spiro atoms. The standard InChI is InChI=1S/C13H21N5O2/c1-3-14-12-8-11(18(19)20)9-13(16-12)15-10-4-6-17(2)7-5-10/h8-10H,3-7H2,1-2H3,(H2,14,15,16). The normalized spacial score (nSPS) is 16.9. The van der Waals surface area contributed by atoms with Gasteiger partial charge in [0.2, 0.25) is 0 Å². The molecule has 1 fully saturated rings. The van der Waals surface area contributed by atoms with Crippen molar-refractivity contribution in [3.8, 4) is 0 Å². The molecule has 110 valence electrons. The van der Waals surface area contributed by atoms with Crippen molar-refractivity contribution in [2.75, 3.05) is 37.3 Å². The monoisotopic (exact) mass is 279 g/mol. The first-order chi connectivity index (χ1) is 9.58. The predicted octanol–water partition coefficient (Wildman–Crippen LogP) is 1.93. The molecule has 2 N–H and O–H groups in total. The molecule has 1 saturated heterocycles. The maximum atomic E-state index is 11.0. The molecule has 0 bridgehead atoms. The van der Waals surface area contributed by atoms with Gasteiger partial charge < -0.3 is 15.5 Å².